The lowest BCUT2D eigenvalue weighted by molar-refractivity contribution is -0.121. The number of nitrogens with one attached hydrogen (secondary N) is 1. The average molecular weight is 422 g/mol. The van der Waals surface area contributed by atoms with Gasteiger partial charge >= 0.3 is 11.7 Å². The fourth-order valence-electron chi connectivity index (χ4n) is 2.74. The molecule has 2 aromatic heterocycles. The molecule has 0 aliphatic heterocycles. The van der Waals surface area contributed by atoms with Gasteiger partial charge in [0.05, 0.1) is 18.4 Å². The Hall–Kier alpha value is -3.41. The highest BCUT2D eigenvalue weighted by Gasteiger charge is 2.25. The molecule has 0 aromatic carbocycles. The van der Waals surface area contributed by atoms with E-state index >= 15 is 0 Å². The van der Waals surface area contributed by atoms with Crippen molar-refractivity contribution in [2.24, 2.45) is 7.05 Å². The summed E-state index contributed by atoms with van der Waals surface area (Å²) in [5, 5.41) is 3.86. The number of hydrogen-bond acceptors (Lipinski definition) is 8. The van der Waals surface area contributed by atoms with Crippen LogP contribution in [0.5, 0.6) is 0 Å². The summed E-state index contributed by atoms with van der Waals surface area (Å²) in [6.07, 6.45) is 4.21. The fourth-order valence-corrected chi connectivity index (χ4v) is 2.74. The Morgan fingerprint density at radius 3 is 2.67 bits per heavy atom. The zero-order valence-electron chi connectivity index (χ0n) is 17.2. The number of nitrogens with two attached hydrogens (primary N) is 1. The number of carbonyl (C=O) groups is 2. The maximum absolute atomic E-state index is 12.8. The van der Waals surface area contributed by atoms with Crippen LogP contribution in [0.25, 0.3) is 0 Å². The molecule has 12 nitrogen and oxygen atoms in total. The number of H-pyrrole nitrogens is 1. The first kappa shape index (κ1) is 22.9. The number of nitrogen functional groups attached to an aromatic ring is 1. The van der Waals surface area contributed by atoms with E-state index in [4.69, 9.17) is 15.2 Å². The van der Waals surface area contributed by atoms with E-state index in [1.54, 1.807) is 7.05 Å². The lowest BCUT2D eigenvalue weighted by Gasteiger charge is -2.24. The minimum atomic E-state index is -0.812. The lowest BCUT2D eigenvalue weighted by atomic mass is 10.3. The number of nitrogens with zero attached hydrogens (tertiary/aromatic N) is 4. The van der Waals surface area contributed by atoms with Gasteiger partial charge in [0.15, 0.2) is 12.3 Å². The molecule has 12 heteroatoms. The van der Waals surface area contributed by atoms with E-state index in [-0.39, 0.29) is 36.8 Å². The first-order valence-corrected chi connectivity index (χ1v) is 9.37. The maximum Gasteiger partial charge on any atom is 0.341 e. The lowest BCUT2D eigenvalue weighted by Crippen LogP contribution is -2.44. The number of aryl methyl sites for hydroxylation is 1. The minimum absolute atomic E-state index is 0.0287. The van der Waals surface area contributed by atoms with Crippen LogP contribution in [0, 0.1) is 0 Å². The van der Waals surface area contributed by atoms with Gasteiger partial charge in [0.1, 0.15) is 5.82 Å². The van der Waals surface area contributed by atoms with Crippen LogP contribution in [-0.4, -0.2) is 58.1 Å². The van der Waals surface area contributed by atoms with Gasteiger partial charge in [0.25, 0.3) is 11.5 Å². The molecule has 3 N–H and O–H groups in total. The van der Waals surface area contributed by atoms with Crippen molar-refractivity contribution in [2.45, 2.75) is 26.3 Å². The van der Waals surface area contributed by atoms with E-state index in [1.807, 2.05) is 6.92 Å². The second-order valence-corrected chi connectivity index (χ2v) is 6.52. The van der Waals surface area contributed by atoms with E-state index in [9.17, 15) is 19.2 Å². The molecular weight excluding hydrogens is 396 g/mol. The third kappa shape index (κ3) is 5.35. The molecule has 0 fully saturated rings. The van der Waals surface area contributed by atoms with Gasteiger partial charge in [0, 0.05) is 33.4 Å². The zero-order valence-corrected chi connectivity index (χ0v) is 17.2. The number of esters is 1. The third-order valence-electron chi connectivity index (χ3n) is 4.31. The van der Waals surface area contributed by atoms with Crippen LogP contribution in [0.1, 0.15) is 30.1 Å². The van der Waals surface area contributed by atoms with Crippen molar-refractivity contribution in [3.8, 4) is 0 Å². The first-order chi connectivity index (χ1) is 14.3. The molecule has 0 spiro atoms. The van der Waals surface area contributed by atoms with Crippen molar-refractivity contribution in [1.29, 1.82) is 0 Å². The Labute approximate surface area is 172 Å². The maximum atomic E-state index is 12.8. The molecule has 0 radical (unpaired) electrons. The van der Waals surface area contributed by atoms with Gasteiger partial charge in [0.2, 0.25) is 0 Å². The standard InChI is InChI=1S/C18H26N6O6/c1-4-5-6-24-15(19)14(16(26)21-18(24)28)23(7-8-29-3)13(25)11-30-17(27)12-9-20-22(2)10-12/h9-10H,4-8,11,19H2,1-3H3,(H,21,26,28). The number of anilines is 2. The zero-order chi connectivity index (χ0) is 22.3. The monoisotopic (exact) mass is 422 g/mol. The summed E-state index contributed by atoms with van der Waals surface area (Å²) < 4.78 is 12.7. The molecular formula is C18H26N6O6. The van der Waals surface area contributed by atoms with Crippen molar-refractivity contribution < 1.29 is 19.1 Å². The number of ether oxygens (including phenoxy) is 2. The van der Waals surface area contributed by atoms with Gasteiger partial charge in [-0.3, -0.25) is 28.7 Å². The molecule has 0 aliphatic rings. The Bertz CT molecular complexity index is 1010. The average Bonchev–Trinajstić information content (AvgIpc) is 3.14. The Balaban J connectivity index is 2.30. The molecule has 2 aromatic rings. The number of carbonyl (C=O) groups excluding carboxylic acids is 2. The number of rotatable bonds is 10. The highest BCUT2D eigenvalue weighted by Crippen LogP contribution is 2.17. The predicted molar refractivity (Wildman–Crippen MR) is 108 cm³/mol. The van der Waals surface area contributed by atoms with Crippen LogP contribution < -0.4 is 21.9 Å². The van der Waals surface area contributed by atoms with Crippen molar-refractivity contribution in [2.75, 3.05) is 37.5 Å². The Morgan fingerprint density at radius 1 is 1.33 bits per heavy atom. The molecule has 0 saturated carbocycles. The van der Waals surface area contributed by atoms with Crippen LogP contribution in [-0.2, 0) is 27.9 Å². The van der Waals surface area contributed by atoms with Crippen molar-refractivity contribution >= 4 is 23.4 Å². The number of hydrogen-bond donors (Lipinski definition) is 2. The second kappa shape index (κ2) is 10.4. The topological polar surface area (TPSA) is 155 Å². The van der Waals surface area contributed by atoms with E-state index < -0.39 is 29.7 Å². The summed E-state index contributed by atoms with van der Waals surface area (Å²) in [7, 11) is 3.07. The summed E-state index contributed by atoms with van der Waals surface area (Å²) >= 11 is 0. The molecule has 2 rings (SSSR count). The summed E-state index contributed by atoms with van der Waals surface area (Å²) in [5.74, 6) is -1.57. The smallest absolute Gasteiger partial charge is 0.341 e. The highest BCUT2D eigenvalue weighted by molar-refractivity contribution is 5.98. The van der Waals surface area contributed by atoms with Gasteiger partial charge in [-0.25, -0.2) is 9.59 Å². The van der Waals surface area contributed by atoms with Crippen molar-refractivity contribution in [3.05, 3.63) is 38.8 Å². The molecule has 30 heavy (non-hydrogen) atoms. The van der Waals surface area contributed by atoms with E-state index in [1.165, 1.54) is 28.8 Å². The van der Waals surface area contributed by atoms with Gasteiger partial charge < -0.3 is 15.2 Å². The van der Waals surface area contributed by atoms with Crippen LogP contribution >= 0.6 is 0 Å². The molecule has 2 heterocycles. The number of methoxy groups -OCH3 is 1. The number of unbranched alkanes of at least 4 members (excludes halogenated alkanes) is 1. The quantitative estimate of drug-likeness (QED) is 0.485. The minimum Gasteiger partial charge on any atom is -0.452 e. The second-order valence-electron chi connectivity index (χ2n) is 6.52. The van der Waals surface area contributed by atoms with E-state index in [0.29, 0.717) is 6.42 Å². The number of aromatic amines is 1. The summed E-state index contributed by atoms with van der Waals surface area (Å²) in [6.45, 7) is 1.66. The van der Waals surface area contributed by atoms with Crippen molar-refractivity contribution in [1.82, 2.24) is 19.3 Å². The Kier molecular flexibility index (Phi) is 7.92. The summed E-state index contributed by atoms with van der Waals surface area (Å²) in [4.78, 5) is 52.7. The summed E-state index contributed by atoms with van der Waals surface area (Å²) in [5.41, 5.74) is 4.60. The van der Waals surface area contributed by atoms with E-state index in [0.717, 1.165) is 11.3 Å². The van der Waals surface area contributed by atoms with Gasteiger partial charge in [-0.1, -0.05) is 13.3 Å². The van der Waals surface area contributed by atoms with Crippen LogP contribution in [0.2, 0.25) is 0 Å². The van der Waals surface area contributed by atoms with Gasteiger partial charge in [-0.05, 0) is 6.42 Å². The van der Waals surface area contributed by atoms with Gasteiger partial charge in [-0.15, -0.1) is 0 Å². The van der Waals surface area contributed by atoms with E-state index in [2.05, 4.69) is 10.1 Å². The molecule has 0 saturated heterocycles. The SMILES string of the molecule is CCCCn1c(N)c(N(CCOC)C(=O)COC(=O)c2cnn(C)c2)c(=O)[nH]c1=O. The predicted octanol–water partition coefficient (Wildman–Crippen LogP) is -0.511. The van der Waals surface area contributed by atoms with Crippen LogP contribution in [0.15, 0.2) is 22.0 Å². The van der Waals surface area contributed by atoms with Crippen LogP contribution in [0.4, 0.5) is 11.5 Å². The normalized spacial score (nSPS) is 10.8. The van der Waals surface area contributed by atoms with Crippen LogP contribution in [0.3, 0.4) is 0 Å². The number of aromatic nitrogens is 4. The van der Waals surface area contributed by atoms with Gasteiger partial charge in [-0.2, -0.15) is 5.10 Å². The number of amides is 1. The third-order valence-corrected chi connectivity index (χ3v) is 4.31. The molecule has 164 valence electrons. The summed E-state index contributed by atoms with van der Waals surface area (Å²) in [6, 6.07) is 0. The van der Waals surface area contributed by atoms with Crippen molar-refractivity contribution in [3.63, 3.8) is 0 Å². The fraction of sp³-hybridized carbons (Fsp3) is 0.500. The largest absolute Gasteiger partial charge is 0.452 e. The molecule has 0 atom stereocenters. The Morgan fingerprint density at radius 2 is 2.07 bits per heavy atom. The first-order valence-electron chi connectivity index (χ1n) is 9.37. The molecule has 1 amide bonds. The molecule has 0 bridgehead atoms. The molecule has 0 unspecified atom stereocenters. The highest BCUT2D eigenvalue weighted by atomic mass is 16.5. The molecule has 0 aliphatic carbocycles.